The Hall–Kier alpha value is -1.92. The molecular weight excluding hydrogens is 298 g/mol. The number of ketones is 2. The highest BCUT2D eigenvalue weighted by Gasteiger charge is 2.26. The van der Waals surface area contributed by atoms with Gasteiger partial charge in [-0.1, -0.05) is 0 Å². The Balaban J connectivity index is 1.73. The molecule has 23 heavy (non-hydrogen) atoms. The lowest BCUT2D eigenvalue weighted by Gasteiger charge is -2.26. The number of rotatable bonds is 5. The largest absolute Gasteiger partial charge is 0.491 e. The van der Waals surface area contributed by atoms with Gasteiger partial charge in [0, 0.05) is 26.1 Å². The molecule has 1 aromatic carbocycles. The van der Waals surface area contributed by atoms with E-state index < -0.39 is 0 Å². The van der Waals surface area contributed by atoms with Crippen LogP contribution in [0.5, 0.6) is 11.5 Å². The first-order valence-corrected chi connectivity index (χ1v) is 7.93. The van der Waals surface area contributed by atoms with Gasteiger partial charge >= 0.3 is 0 Å². The summed E-state index contributed by atoms with van der Waals surface area (Å²) in [5, 5.41) is 0. The number of benzene rings is 1. The summed E-state index contributed by atoms with van der Waals surface area (Å²) in [5.41, 5.74) is 0.847. The third-order valence-electron chi connectivity index (χ3n) is 4.12. The summed E-state index contributed by atoms with van der Waals surface area (Å²) in [6.45, 7) is 6.30. The SMILES string of the molecule is CC(=O)c1c(OCCN2CCOCC2)ccc2c1OCCC2=O. The molecule has 0 atom stereocenters. The Morgan fingerprint density at radius 3 is 2.78 bits per heavy atom. The number of carbonyl (C=O) groups excluding carboxylic acids is 2. The summed E-state index contributed by atoms with van der Waals surface area (Å²) >= 11 is 0. The third-order valence-corrected chi connectivity index (χ3v) is 4.12. The van der Waals surface area contributed by atoms with E-state index in [-0.39, 0.29) is 11.6 Å². The van der Waals surface area contributed by atoms with Crippen molar-refractivity contribution in [1.29, 1.82) is 0 Å². The fraction of sp³-hybridized carbons (Fsp3) is 0.529. The summed E-state index contributed by atoms with van der Waals surface area (Å²) in [7, 11) is 0. The van der Waals surface area contributed by atoms with Crippen molar-refractivity contribution in [2.45, 2.75) is 13.3 Å². The molecule has 2 aliphatic heterocycles. The summed E-state index contributed by atoms with van der Waals surface area (Å²) in [5.74, 6) is 0.711. The molecule has 0 spiro atoms. The number of ether oxygens (including phenoxy) is 3. The maximum Gasteiger partial charge on any atom is 0.170 e. The smallest absolute Gasteiger partial charge is 0.170 e. The van der Waals surface area contributed by atoms with Crippen LogP contribution in [-0.2, 0) is 4.74 Å². The van der Waals surface area contributed by atoms with E-state index in [1.165, 1.54) is 6.92 Å². The van der Waals surface area contributed by atoms with E-state index >= 15 is 0 Å². The number of hydrogen-bond acceptors (Lipinski definition) is 6. The first kappa shape index (κ1) is 16.0. The van der Waals surface area contributed by atoms with Gasteiger partial charge in [0.15, 0.2) is 11.6 Å². The van der Waals surface area contributed by atoms with Gasteiger partial charge < -0.3 is 14.2 Å². The van der Waals surface area contributed by atoms with E-state index in [1.807, 2.05) is 0 Å². The molecule has 1 aromatic rings. The lowest BCUT2D eigenvalue weighted by molar-refractivity contribution is 0.0322. The Labute approximate surface area is 135 Å². The Morgan fingerprint density at radius 1 is 1.26 bits per heavy atom. The van der Waals surface area contributed by atoms with Crippen molar-refractivity contribution in [2.24, 2.45) is 0 Å². The predicted octanol–water partition coefficient (Wildman–Crippen LogP) is 1.57. The molecule has 0 radical (unpaired) electrons. The maximum atomic E-state index is 12.0. The Kier molecular flexibility index (Phi) is 4.93. The quantitative estimate of drug-likeness (QED) is 0.768. The highest BCUT2D eigenvalue weighted by molar-refractivity contribution is 6.07. The van der Waals surface area contributed by atoms with Crippen molar-refractivity contribution in [3.8, 4) is 11.5 Å². The van der Waals surface area contributed by atoms with E-state index in [2.05, 4.69) is 4.90 Å². The molecule has 6 heteroatoms. The fourth-order valence-corrected chi connectivity index (χ4v) is 2.88. The molecule has 0 unspecified atom stereocenters. The lowest BCUT2D eigenvalue weighted by Crippen LogP contribution is -2.38. The van der Waals surface area contributed by atoms with Gasteiger partial charge in [0.2, 0.25) is 0 Å². The van der Waals surface area contributed by atoms with Crippen LogP contribution >= 0.6 is 0 Å². The minimum Gasteiger partial charge on any atom is -0.491 e. The number of fused-ring (bicyclic) bond motifs is 1. The van der Waals surface area contributed by atoms with Crippen LogP contribution < -0.4 is 9.47 Å². The van der Waals surface area contributed by atoms with E-state index in [0.29, 0.717) is 42.3 Å². The van der Waals surface area contributed by atoms with Crippen LogP contribution in [0.1, 0.15) is 34.1 Å². The molecule has 2 heterocycles. The molecule has 1 fully saturated rings. The van der Waals surface area contributed by atoms with Gasteiger partial charge in [-0.2, -0.15) is 0 Å². The number of hydrogen-bond donors (Lipinski definition) is 0. The van der Waals surface area contributed by atoms with Gasteiger partial charge in [0.1, 0.15) is 23.7 Å². The molecule has 0 aliphatic carbocycles. The highest BCUT2D eigenvalue weighted by Crippen LogP contribution is 2.35. The van der Waals surface area contributed by atoms with Crippen molar-refractivity contribution in [3.63, 3.8) is 0 Å². The fourth-order valence-electron chi connectivity index (χ4n) is 2.88. The molecule has 2 aliphatic rings. The van der Waals surface area contributed by atoms with Crippen LogP contribution in [-0.4, -0.2) is 62.5 Å². The van der Waals surface area contributed by atoms with Gasteiger partial charge in [-0.15, -0.1) is 0 Å². The second kappa shape index (κ2) is 7.10. The molecule has 0 aromatic heterocycles. The molecule has 1 saturated heterocycles. The second-order valence-corrected chi connectivity index (χ2v) is 5.70. The van der Waals surface area contributed by atoms with Crippen LogP contribution in [0.15, 0.2) is 12.1 Å². The summed E-state index contributed by atoms with van der Waals surface area (Å²) in [6.07, 6.45) is 0.349. The molecule has 6 nitrogen and oxygen atoms in total. The van der Waals surface area contributed by atoms with Crippen molar-refractivity contribution in [2.75, 3.05) is 46.1 Å². The van der Waals surface area contributed by atoms with E-state index in [1.54, 1.807) is 12.1 Å². The molecule has 0 saturated carbocycles. The van der Waals surface area contributed by atoms with E-state index in [4.69, 9.17) is 14.2 Å². The monoisotopic (exact) mass is 319 g/mol. The molecule has 0 N–H and O–H groups in total. The highest BCUT2D eigenvalue weighted by atomic mass is 16.5. The first-order chi connectivity index (χ1) is 11.2. The predicted molar refractivity (Wildman–Crippen MR) is 83.6 cm³/mol. The van der Waals surface area contributed by atoms with Crippen molar-refractivity contribution < 1.29 is 23.8 Å². The van der Waals surface area contributed by atoms with Gasteiger partial charge in [-0.05, 0) is 19.1 Å². The zero-order valence-corrected chi connectivity index (χ0v) is 13.3. The zero-order valence-electron chi connectivity index (χ0n) is 13.3. The van der Waals surface area contributed by atoms with Crippen LogP contribution in [0.3, 0.4) is 0 Å². The lowest BCUT2D eigenvalue weighted by atomic mass is 9.98. The molecule has 3 rings (SSSR count). The minimum absolute atomic E-state index is 0.00798. The minimum atomic E-state index is -0.155. The average molecular weight is 319 g/mol. The average Bonchev–Trinajstić information content (AvgIpc) is 2.55. The standard InChI is InChI=1S/C17H21NO5/c1-12(19)16-15(22-11-7-18-5-9-21-10-6-18)3-2-13-14(20)4-8-23-17(13)16/h2-3H,4-11H2,1H3. The Bertz CT molecular complexity index is 607. The normalized spacial score (nSPS) is 18.2. The van der Waals surface area contributed by atoms with E-state index in [0.717, 1.165) is 32.8 Å². The zero-order chi connectivity index (χ0) is 16.2. The molecule has 0 bridgehead atoms. The topological polar surface area (TPSA) is 65.1 Å². The van der Waals surface area contributed by atoms with Crippen LogP contribution in [0, 0.1) is 0 Å². The Morgan fingerprint density at radius 2 is 2.04 bits per heavy atom. The van der Waals surface area contributed by atoms with E-state index in [9.17, 15) is 9.59 Å². The summed E-state index contributed by atoms with van der Waals surface area (Å²) in [4.78, 5) is 26.2. The third kappa shape index (κ3) is 3.54. The van der Waals surface area contributed by atoms with Crippen molar-refractivity contribution in [1.82, 2.24) is 4.90 Å². The van der Waals surface area contributed by atoms with Crippen LogP contribution in [0.2, 0.25) is 0 Å². The summed E-state index contributed by atoms with van der Waals surface area (Å²) < 4.78 is 16.7. The van der Waals surface area contributed by atoms with Crippen molar-refractivity contribution in [3.05, 3.63) is 23.3 Å². The van der Waals surface area contributed by atoms with Crippen LogP contribution in [0.25, 0.3) is 0 Å². The summed E-state index contributed by atoms with van der Waals surface area (Å²) in [6, 6.07) is 3.38. The van der Waals surface area contributed by atoms with Gasteiger partial charge in [-0.25, -0.2) is 0 Å². The van der Waals surface area contributed by atoms with Gasteiger partial charge in [-0.3, -0.25) is 14.5 Å². The molecule has 0 amide bonds. The number of nitrogens with zero attached hydrogens (tertiary/aromatic N) is 1. The maximum absolute atomic E-state index is 12.0. The molecular formula is C17H21NO5. The van der Waals surface area contributed by atoms with Crippen molar-refractivity contribution >= 4 is 11.6 Å². The first-order valence-electron chi connectivity index (χ1n) is 7.93. The number of carbonyl (C=O) groups is 2. The number of morpholine rings is 1. The second-order valence-electron chi connectivity index (χ2n) is 5.70. The van der Waals surface area contributed by atoms with Crippen LogP contribution in [0.4, 0.5) is 0 Å². The van der Waals surface area contributed by atoms with Gasteiger partial charge in [0.25, 0.3) is 0 Å². The molecule has 124 valence electrons. The number of Topliss-reactive ketones (excluding diaryl/α,β-unsaturated/α-hetero) is 2. The van der Waals surface area contributed by atoms with Gasteiger partial charge in [0.05, 0.1) is 25.4 Å².